The number of rotatable bonds is 4. The molecule has 2 rings (SSSR count). The molecule has 0 heterocycles. The molecule has 0 atom stereocenters. The van der Waals surface area contributed by atoms with E-state index in [-0.39, 0.29) is 11.4 Å². The van der Waals surface area contributed by atoms with Gasteiger partial charge in [-0.05, 0) is 43.5 Å². The van der Waals surface area contributed by atoms with Crippen LogP contribution >= 0.6 is 0 Å². The minimum Gasteiger partial charge on any atom is -0.324 e. The van der Waals surface area contributed by atoms with E-state index in [1.165, 1.54) is 25.0 Å². The van der Waals surface area contributed by atoms with Gasteiger partial charge in [0.1, 0.15) is 0 Å². The predicted octanol–water partition coefficient (Wildman–Crippen LogP) is 2.20. The van der Waals surface area contributed by atoms with Crippen LogP contribution in [0.25, 0.3) is 0 Å². The van der Waals surface area contributed by atoms with Crippen molar-refractivity contribution in [2.24, 2.45) is 5.73 Å². The van der Waals surface area contributed by atoms with E-state index in [2.05, 4.69) is 4.72 Å². The number of benzene rings is 1. The Morgan fingerprint density at radius 2 is 1.91 bits per heavy atom. The molecule has 0 aromatic heterocycles. The van der Waals surface area contributed by atoms with E-state index in [1.54, 1.807) is 13.0 Å². The van der Waals surface area contributed by atoms with E-state index in [1.807, 2.05) is 6.07 Å². The second-order valence-electron chi connectivity index (χ2n) is 6.19. The summed E-state index contributed by atoms with van der Waals surface area (Å²) in [7, 11) is -3.60. The Balaban J connectivity index is 2.12. The molecule has 0 saturated heterocycles. The first-order valence-electron chi connectivity index (χ1n) is 7.66. The van der Waals surface area contributed by atoms with Gasteiger partial charge in [-0.3, -0.25) is 0 Å². The number of sulfonamides is 1. The van der Waals surface area contributed by atoms with Crippen molar-refractivity contribution in [3.63, 3.8) is 0 Å². The van der Waals surface area contributed by atoms with Crippen molar-refractivity contribution in [2.75, 3.05) is 6.54 Å². The third kappa shape index (κ3) is 4.07. The molecule has 1 aliphatic rings. The van der Waals surface area contributed by atoms with Gasteiger partial charge in [-0.25, -0.2) is 13.1 Å². The molecule has 3 N–H and O–H groups in total. The van der Waals surface area contributed by atoms with Crippen LogP contribution in [-0.4, -0.2) is 20.5 Å². The Hall–Kier alpha value is -1.42. The maximum atomic E-state index is 12.5. The Kier molecular flexibility index (Phi) is 5.22. The SMILES string of the molecule is Cc1cc(C#N)ccc1S(=O)(=O)NCC1(N)CCCCCC1. The number of aryl methyl sites for hydroxylation is 1. The molecule has 0 amide bonds. The second kappa shape index (κ2) is 6.78. The van der Waals surface area contributed by atoms with Gasteiger partial charge in [-0.15, -0.1) is 0 Å². The Morgan fingerprint density at radius 3 is 2.45 bits per heavy atom. The fourth-order valence-electron chi connectivity index (χ4n) is 2.95. The number of nitrogens with two attached hydrogens (primary N) is 1. The molecule has 0 spiro atoms. The summed E-state index contributed by atoms with van der Waals surface area (Å²) in [5.74, 6) is 0. The summed E-state index contributed by atoms with van der Waals surface area (Å²) >= 11 is 0. The molecule has 0 aliphatic heterocycles. The van der Waals surface area contributed by atoms with E-state index in [9.17, 15) is 8.42 Å². The van der Waals surface area contributed by atoms with Crippen LogP contribution in [-0.2, 0) is 10.0 Å². The highest BCUT2D eigenvalue weighted by Gasteiger charge is 2.28. The zero-order valence-corrected chi connectivity index (χ0v) is 13.7. The van der Waals surface area contributed by atoms with Crippen molar-refractivity contribution in [3.05, 3.63) is 29.3 Å². The summed E-state index contributed by atoms with van der Waals surface area (Å²) in [6.45, 7) is 1.95. The van der Waals surface area contributed by atoms with Crippen LogP contribution in [0.2, 0.25) is 0 Å². The van der Waals surface area contributed by atoms with Crippen LogP contribution in [0, 0.1) is 18.3 Å². The van der Waals surface area contributed by atoms with Gasteiger partial charge in [0.25, 0.3) is 0 Å². The molecule has 1 aromatic rings. The lowest BCUT2D eigenvalue weighted by molar-refractivity contribution is 0.369. The van der Waals surface area contributed by atoms with Crippen LogP contribution in [0.5, 0.6) is 0 Å². The standard InChI is InChI=1S/C16H23N3O2S/c1-13-10-14(11-17)6-7-15(13)22(20,21)19-12-16(18)8-4-2-3-5-9-16/h6-7,10,19H,2-5,8-9,12,18H2,1H3. The fraction of sp³-hybridized carbons (Fsp3) is 0.562. The lowest BCUT2D eigenvalue weighted by Crippen LogP contribution is -2.49. The Morgan fingerprint density at radius 1 is 1.27 bits per heavy atom. The maximum absolute atomic E-state index is 12.5. The van der Waals surface area contributed by atoms with Gasteiger partial charge in [-0.2, -0.15) is 5.26 Å². The Bertz CT molecular complexity index is 669. The van der Waals surface area contributed by atoms with Crippen LogP contribution in [0.4, 0.5) is 0 Å². The van der Waals surface area contributed by atoms with Crippen LogP contribution in [0.1, 0.15) is 49.7 Å². The summed E-state index contributed by atoms with van der Waals surface area (Å²) in [6, 6.07) is 6.59. The molecule has 1 saturated carbocycles. The summed E-state index contributed by atoms with van der Waals surface area (Å²) in [5, 5.41) is 8.86. The molecule has 1 aliphatic carbocycles. The fourth-order valence-corrected chi connectivity index (χ4v) is 4.31. The maximum Gasteiger partial charge on any atom is 0.240 e. The van der Waals surface area contributed by atoms with Crippen LogP contribution in [0.3, 0.4) is 0 Å². The Labute approximate surface area is 132 Å². The first-order valence-corrected chi connectivity index (χ1v) is 9.14. The second-order valence-corrected chi connectivity index (χ2v) is 7.93. The zero-order chi connectivity index (χ0) is 16.2. The van der Waals surface area contributed by atoms with Gasteiger partial charge in [-0.1, -0.05) is 25.7 Å². The quantitative estimate of drug-likeness (QED) is 0.831. The van der Waals surface area contributed by atoms with E-state index in [4.69, 9.17) is 11.0 Å². The van der Waals surface area contributed by atoms with Gasteiger partial charge < -0.3 is 5.73 Å². The molecule has 0 bridgehead atoms. The van der Waals surface area contributed by atoms with Crippen LogP contribution in [0.15, 0.2) is 23.1 Å². The zero-order valence-electron chi connectivity index (χ0n) is 12.9. The normalized spacial score (nSPS) is 18.4. The smallest absolute Gasteiger partial charge is 0.240 e. The molecule has 1 aromatic carbocycles. The molecular weight excluding hydrogens is 298 g/mol. The minimum absolute atomic E-state index is 0.212. The summed E-state index contributed by atoms with van der Waals surface area (Å²) in [5.41, 5.74) is 6.93. The van der Waals surface area contributed by atoms with Gasteiger partial charge >= 0.3 is 0 Å². The number of hydrogen-bond acceptors (Lipinski definition) is 4. The number of nitrogens with one attached hydrogen (secondary N) is 1. The molecule has 120 valence electrons. The topological polar surface area (TPSA) is 96.0 Å². The average molecular weight is 321 g/mol. The molecule has 6 heteroatoms. The molecule has 5 nitrogen and oxygen atoms in total. The lowest BCUT2D eigenvalue weighted by atomic mass is 9.92. The van der Waals surface area contributed by atoms with E-state index >= 15 is 0 Å². The summed E-state index contributed by atoms with van der Waals surface area (Å²) in [6.07, 6.45) is 6.13. The van der Waals surface area contributed by atoms with Gasteiger partial charge in [0.05, 0.1) is 16.5 Å². The molecule has 22 heavy (non-hydrogen) atoms. The van der Waals surface area contributed by atoms with Crippen molar-refractivity contribution >= 4 is 10.0 Å². The number of nitriles is 1. The van der Waals surface area contributed by atoms with Gasteiger partial charge in [0.2, 0.25) is 10.0 Å². The predicted molar refractivity (Wildman–Crippen MR) is 85.7 cm³/mol. The third-order valence-corrected chi connectivity index (χ3v) is 5.87. The largest absolute Gasteiger partial charge is 0.324 e. The summed E-state index contributed by atoms with van der Waals surface area (Å²) in [4.78, 5) is 0.212. The molecule has 1 fully saturated rings. The van der Waals surface area contributed by atoms with E-state index in [0.29, 0.717) is 11.1 Å². The van der Waals surface area contributed by atoms with Crippen molar-refractivity contribution in [3.8, 4) is 6.07 Å². The van der Waals surface area contributed by atoms with Gasteiger partial charge in [0, 0.05) is 12.1 Å². The van der Waals surface area contributed by atoms with Crippen molar-refractivity contribution in [1.29, 1.82) is 5.26 Å². The van der Waals surface area contributed by atoms with Crippen LogP contribution < -0.4 is 10.5 Å². The van der Waals surface area contributed by atoms with Crippen molar-refractivity contribution in [1.82, 2.24) is 4.72 Å². The molecular formula is C16H23N3O2S. The number of nitrogens with zero attached hydrogens (tertiary/aromatic N) is 1. The lowest BCUT2D eigenvalue weighted by Gasteiger charge is -2.28. The first-order chi connectivity index (χ1) is 10.4. The van der Waals surface area contributed by atoms with Gasteiger partial charge in [0.15, 0.2) is 0 Å². The van der Waals surface area contributed by atoms with E-state index in [0.717, 1.165) is 25.7 Å². The molecule has 0 unspecified atom stereocenters. The highest BCUT2D eigenvalue weighted by Crippen LogP contribution is 2.25. The monoisotopic (exact) mass is 321 g/mol. The molecule has 0 radical (unpaired) electrons. The first kappa shape index (κ1) is 16.9. The number of hydrogen-bond donors (Lipinski definition) is 2. The third-order valence-electron chi connectivity index (χ3n) is 4.31. The summed E-state index contributed by atoms with van der Waals surface area (Å²) < 4.78 is 27.6. The average Bonchev–Trinajstić information content (AvgIpc) is 2.70. The highest BCUT2D eigenvalue weighted by molar-refractivity contribution is 7.89. The highest BCUT2D eigenvalue weighted by atomic mass is 32.2. The minimum atomic E-state index is -3.60. The van der Waals surface area contributed by atoms with Crippen molar-refractivity contribution < 1.29 is 8.42 Å². The van der Waals surface area contributed by atoms with Crippen molar-refractivity contribution in [2.45, 2.75) is 55.9 Å². The van der Waals surface area contributed by atoms with E-state index < -0.39 is 15.6 Å².